The third-order valence-corrected chi connectivity index (χ3v) is 0. The van der Waals surface area contributed by atoms with Gasteiger partial charge in [0.15, 0.2) is 0 Å². The zero-order chi connectivity index (χ0) is 4.50. The maximum atomic E-state index is 7.33. The fraction of sp³-hybridized carbons (Fsp3) is 0. The summed E-state index contributed by atoms with van der Waals surface area (Å²) in [6.07, 6.45) is 0. The molecule has 16 heteroatoms. The van der Waals surface area contributed by atoms with Gasteiger partial charge < -0.3 is 68.5 Å². The fourth-order valence-electron chi connectivity index (χ4n) is 0. The molecule has 0 aromatic carbocycles. The monoisotopic (exact) mass is 338 g/mol. The Balaban J connectivity index is -0.00000000145. The van der Waals surface area contributed by atoms with E-state index in [2.05, 4.69) is 0 Å². The Labute approximate surface area is 124 Å². The Morgan fingerprint density at radius 3 is 0.438 bits per heavy atom. The van der Waals surface area contributed by atoms with E-state index in [1.165, 1.54) is 0 Å². The molecule has 0 saturated heterocycles. The fourth-order valence-corrected chi connectivity index (χ4v) is 0. The van der Waals surface area contributed by atoms with Gasteiger partial charge in [-0.1, -0.05) is 0 Å². The van der Waals surface area contributed by atoms with Crippen molar-refractivity contribution in [1.29, 1.82) is 0 Å². The quantitative estimate of drug-likeness (QED) is 0.312. The molecule has 114 valence electrons. The number of hydrogen-bond acceptors (Lipinski definition) is 4. The van der Waals surface area contributed by atoms with Crippen LogP contribution in [0.25, 0.3) is 0 Å². The van der Waals surface area contributed by atoms with Crippen LogP contribution in [0.2, 0.25) is 0 Å². The van der Waals surface area contributed by atoms with Gasteiger partial charge in [0.1, 0.15) is 0 Å². The first-order valence-corrected chi connectivity index (χ1v) is 2.68. The predicted molar refractivity (Wildman–Crippen MR) is 54.3 cm³/mol. The van der Waals surface area contributed by atoms with Gasteiger partial charge in [0.25, 0.3) is 0 Å². The van der Waals surface area contributed by atoms with E-state index in [0.29, 0.717) is 0 Å². The molecule has 16 heavy (non-hydrogen) atoms. The molecule has 0 amide bonds. The molecule has 0 aliphatic heterocycles. The van der Waals surface area contributed by atoms with Crippen LogP contribution in [0.15, 0.2) is 0 Å². The molecule has 0 aliphatic rings. The minimum absolute atomic E-state index is 0. The van der Waals surface area contributed by atoms with E-state index in [1.54, 1.807) is 0 Å². The molecule has 0 aromatic rings. The third-order valence-electron chi connectivity index (χ3n) is 0. The van der Waals surface area contributed by atoms with E-state index in [-0.39, 0.29) is 95.9 Å². The second kappa shape index (κ2) is 72.1. The van der Waals surface area contributed by atoms with E-state index < -0.39 is 9.05 Å². The Bertz CT molecular complexity index is 31.4. The molecule has 0 radical (unpaired) electrons. The van der Waals surface area contributed by atoms with Crippen molar-refractivity contribution in [2.45, 2.75) is 0 Å². The molecule has 0 atom stereocenters. The summed E-state index contributed by atoms with van der Waals surface area (Å²) in [6.45, 7) is 0. The van der Waals surface area contributed by atoms with Crippen LogP contribution in [0.3, 0.4) is 0 Å². The summed E-state index contributed by atoms with van der Waals surface area (Å²) in [7, 11) is -4.61. The van der Waals surface area contributed by atoms with Crippen molar-refractivity contribution in [3.63, 3.8) is 0 Å². The van der Waals surface area contributed by atoms with Crippen LogP contribution in [-0.2, 0) is 17.1 Å². The van der Waals surface area contributed by atoms with Crippen molar-refractivity contribution < 1.29 is 85.5 Å². The molecule has 0 spiro atoms. The minimum atomic E-state index is -4.61. The van der Waals surface area contributed by atoms with Crippen molar-refractivity contribution in [2.24, 2.45) is 0 Å². The summed E-state index contributed by atoms with van der Waals surface area (Å²) < 4.78 is 0. The maximum absolute atomic E-state index is 7.33. The number of hydrogen-bond donors (Lipinski definition) is 4. The van der Waals surface area contributed by atoms with Crippen LogP contribution in [0.1, 0.15) is 0 Å². The summed E-state index contributed by atoms with van der Waals surface area (Å²) >= 11 is 0. The molecular formula is H23FeNaO13Si. The van der Waals surface area contributed by atoms with Gasteiger partial charge in [-0.15, -0.1) is 0 Å². The zero-order valence-corrected chi connectivity index (χ0v) is 9.25. The van der Waals surface area contributed by atoms with Gasteiger partial charge in [0, 0.05) is 17.1 Å². The van der Waals surface area contributed by atoms with Crippen LogP contribution >= 0.6 is 0 Å². The summed E-state index contributed by atoms with van der Waals surface area (Å²) in [6, 6.07) is 0. The molecule has 0 aromatic heterocycles. The van der Waals surface area contributed by atoms with Crippen molar-refractivity contribution >= 4 is 38.6 Å². The Kier molecular flexibility index (Phi) is 750. The topological polar surface area (TPSA) is 364 Å². The van der Waals surface area contributed by atoms with Crippen LogP contribution in [0, 0.1) is 0 Å². The molecule has 0 saturated carbocycles. The normalized spacial score (nSPS) is 3.75. The van der Waals surface area contributed by atoms with Crippen molar-refractivity contribution in [2.75, 3.05) is 0 Å². The molecule has 0 heterocycles. The van der Waals surface area contributed by atoms with Gasteiger partial charge in [-0.2, -0.15) is 0 Å². The first-order chi connectivity index (χ1) is 2.00. The summed E-state index contributed by atoms with van der Waals surface area (Å²) in [5.74, 6) is 0. The second-order valence-corrected chi connectivity index (χ2v) is 1.80. The summed E-state index contributed by atoms with van der Waals surface area (Å²) in [4.78, 5) is 29.3. The first kappa shape index (κ1) is 166. The second-order valence-electron chi connectivity index (χ2n) is 0.600. The van der Waals surface area contributed by atoms with E-state index >= 15 is 0 Å². The SMILES string of the molecule is O.O.O.O.O.O.O.O.O.O[Si](O)(O)O.[Fe].[NaH]. The number of rotatable bonds is 0. The summed E-state index contributed by atoms with van der Waals surface area (Å²) in [5.41, 5.74) is 0. The van der Waals surface area contributed by atoms with Crippen LogP contribution in [0.5, 0.6) is 0 Å². The Morgan fingerprint density at radius 2 is 0.438 bits per heavy atom. The molecule has 0 aliphatic carbocycles. The van der Waals surface area contributed by atoms with Gasteiger partial charge in [0.2, 0.25) is 0 Å². The standard InChI is InChI=1S/Fe.Na.H4O4Si.9H2O.H/c;;1-5(2,3)4;;;;;;;;;;/h;;1-4H;9*1H2;. The molecule has 0 rings (SSSR count). The van der Waals surface area contributed by atoms with Gasteiger partial charge >= 0.3 is 38.6 Å². The van der Waals surface area contributed by atoms with Crippen molar-refractivity contribution in [3.8, 4) is 0 Å². The Hall–Kier alpha value is 1.22. The third kappa shape index (κ3) is 2080. The van der Waals surface area contributed by atoms with Gasteiger partial charge in [-0.25, -0.2) is 0 Å². The van der Waals surface area contributed by atoms with Crippen LogP contribution in [-0.4, -0.2) is 107 Å². The molecular weight excluding hydrogens is 315 g/mol. The van der Waals surface area contributed by atoms with E-state index in [1.807, 2.05) is 0 Å². The molecule has 0 fully saturated rings. The van der Waals surface area contributed by atoms with Crippen LogP contribution < -0.4 is 0 Å². The van der Waals surface area contributed by atoms with Crippen molar-refractivity contribution in [3.05, 3.63) is 0 Å². The first-order valence-electron chi connectivity index (χ1n) is 0.894. The molecule has 0 unspecified atom stereocenters. The van der Waals surface area contributed by atoms with Gasteiger partial charge in [-0.3, -0.25) is 0 Å². The van der Waals surface area contributed by atoms with Gasteiger partial charge in [-0.05, 0) is 0 Å². The van der Waals surface area contributed by atoms with Gasteiger partial charge in [0.05, 0.1) is 0 Å². The molecule has 22 N–H and O–H groups in total. The molecule has 13 nitrogen and oxygen atoms in total. The zero-order valence-electron chi connectivity index (χ0n) is 7.14. The Morgan fingerprint density at radius 1 is 0.438 bits per heavy atom. The van der Waals surface area contributed by atoms with E-state index in [4.69, 9.17) is 19.2 Å². The van der Waals surface area contributed by atoms with Crippen LogP contribution in [0.4, 0.5) is 0 Å². The van der Waals surface area contributed by atoms with Crippen molar-refractivity contribution in [1.82, 2.24) is 0 Å². The van der Waals surface area contributed by atoms with E-state index in [0.717, 1.165) is 0 Å². The predicted octanol–water partition coefficient (Wildman–Crippen LogP) is -10.7. The average molecular weight is 338 g/mol. The van der Waals surface area contributed by atoms with E-state index in [9.17, 15) is 0 Å². The molecule has 0 bridgehead atoms. The summed E-state index contributed by atoms with van der Waals surface area (Å²) in [5, 5.41) is 0. The average Bonchev–Trinajstić information content (AvgIpc) is 0.722.